The van der Waals surface area contributed by atoms with Crippen LogP contribution in [0.15, 0.2) is 36.5 Å². The van der Waals surface area contributed by atoms with Gasteiger partial charge in [-0.05, 0) is 30.3 Å². The van der Waals surface area contributed by atoms with Crippen molar-refractivity contribution in [1.29, 1.82) is 0 Å². The van der Waals surface area contributed by atoms with Crippen molar-refractivity contribution in [2.45, 2.75) is 0 Å². The molecule has 0 radical (unpaired) electrons. The molecule has 0 bridgehead atoms. The van der Waals surface area contributed by atoms with Gasteiger partial charge in [0.2, 0.25) is 11.6 Å². The second-order valence-corrected chi connectivity index (χ2v) is 3.71. The van der Waals surface area contributed by atoms with Gasteiger partial charge >= 0.3 is 5.97 Å². The van der Waals surface area contributed by atoms with Crippen molar-refractivity contribution in [1.82, 2.24) is 4.98 Å². The van der Waals surface area contributed by atoms with Crippen LogP contribution in [0.4, 0.5) is 10.1 Å². The summed E-state index contributed by atoms with van der Waals surface area (Å²) in [5.74, 6) is -0.752. The molecule has 0 saturated heterocycles. The van der Waals surface area contributed by atoms with E-state index in [1.54, 1.807) is 0 Å². The number of hydrogen-bond donors (Lipinski definition) is 0. The van der Waals surface area contributed by atoms with Crippen molar-refractivity contribution in [3.05, 3.63) is 59.3 Å². The first-order chi connectivity index (χ1) is 9.63. The quantitative estimate of drug-likeness (QED) is 0.635. The molecule has 100 valence electrons. The van der Waals surface area contributed by atoms with E-state index in [9.17, 15) is 9.18 Å². The zero-order valence-electron chi connectivity index (χ0n) is 10.5. The summed E-state index contributed by atoms with van der Waals surface area (Å²) in [6.07, 6.45) is 1.28. The molecule has 0 aliphatic carbocycles. The number of rotatable bonds is 3. The molecule has 0 saturated carbocycles. The third-order valence-corrected chi connectivity index (χ3v) is 2.40. The minimum absolute atomic E-state index is 0.00384. The Morgan fingerprint density at radius 2 is 2.05 bits per heavy atom. The summed E-state index contributed by atoms with van der Waals surface area (Å²) in [5, 5.41) is 0. The van der Waals surface area contributed by atoms with E-state index in [4.69, 9.17) is 11.3 Å². The molecule has 0 aliphatic rings. The van der Waals surface area contributed by atoms with Crippen molar-refractivity contribution < 1.29 is 18.7 Å². The Bertz CT molecular complexity index is 678. The monoisotopic (exact) mass is 272 g/mol. The van der Waals surface area contributed by atoms with Gasteiger partial charge in [0.25, 0.3) is 0 Å². The van der Waals surface area contributed by atoms with Crippen LogP contribution in [0.5, 0.6) is 11.6 Å². The smallest absolute Gasteiger partial charge is 0.342 e. The highest BCUT2D eigenvalue weighted by molar-refractivity contribution is 5.93. The van der Waals surface area contributed by atoms with Crippen molar-refractivity contribution in [3.8, 4) is 11.6 Å². The van der Waals surface area contributed by atoms with Crippen LogP contribution >= 0.6 is 0 Å². The van der Waals surface area contributed by atoms with Gasteiger partial charge in [-0.15, -0.1) is 0 Å². The number of nitrogens with zero attached hydrogens (tertiary/aromatic N) is 2. The predicted octanol–water partition coefficient (Wildman–Crippen LogP) is 3.35. The van der Waals surface area contributed by atoms with Gasteiger partial charge in [0.05, 0.1) is 13.7 Å². The van der Waals surface area contributed by atoms with E-state index in [2.05, 4.69) is 14.6 Å². The van der Waals surface area contributed by atoms with Gasteiger partial charge < -0.3 is 9.47 Å². The Balaban J connectivity index is 2.38. The molecule has 0 spiro atoms. The first-order valence-electron chi connectivity index (χ1n) is 5.53. The van der Waals surface area contributed by atoms with E-state index in [1.165, 1.54) is 43.6 Å². The van der Waals surface area contributed by atoms with E-state index in [1.807, 2.05) is 0 Å². The van der Waals surface area contributed by atoms with Gasteiger partial charge in [-0.2, -0.15) is 0 Å². The lowest BCUT2D eigenvalue weighted by molar-refractivity contribution is 0.0597. The topological polar surface area (TPSA) is 52.8 Å². The van der Waals surface area contributed by atoms with Gasteiger partial charge in [0.15, 0.2) is 0 Å². The van der Waals surface area contributed by atoms with E-state index in [0.717, 1.165) is 0 Å². The molecule has 0 amide bonds. The summed E-state index contributed by atoms with van der Waals surface area (Å²) >= 11 is 0. The van der Waals surface area contributed by atoms with Gasteiger partial charge in [0, 0.05) is 6.20 Å². The predicted molar refractivity (Wildman–Crippen MR) is 68.3 cm³/mol. The maximum absolute atomic E-state index is 12.8. The lowest BCUT2D eigenvalue weighted by Crippen LogP contribution is -2.05. The number of benzene rings is 1. The highest BCUT2D eigenvalue weighted by Crippen LogP contribution is 2.27. The number of carbonyl (C=O) groups excluding carboxylic acids is 1. The summed E-state index contributed by atoms with van der Waals surface area (Å²) in [6, 6.07) is 6.58. The Kier molecular flexibility index (Phi) is 3.91. The van der Waals surface area contributed by atoms with E-state index < -0.39 is 11.8 Å². The van der Waals surface area contributed by atoms with Gasteiger partial charge in [-0.1, -0.05) is 0 Å². The summed E-state index contributed by atoms with van der Waals surface area (Å²) in [7, 11) is 1.22. The lowest BCUT2D eigenvalue weighted by atomic mass is 10.2. The fourth-order valence-corrected chi connectivity index (χ4v) is 1.45. The Labute approximate surface area is 114 Å². The number of halogens is 1. The summed E-state index contributed by atoms with van der Waals surface area (Å²) < 4.78 is 22.8. The maximum atomic E-state index is 12.8. The number of aromatic nitrogens is 1. The molecule has 1 heterocycles. The van der Waals surface area contributed by atoms with Crippen LogP contribution in [0.2, 0.25) is 0 Å². The van der Waals surface area contributed by atoms with Crippen LogP contribution in [0.1, 0.15) is 10.4 Å². The van der Waals surface area contributed by atoms with Crippen molar-refractivity contribution in [2.75, 3.05) is 7.11 Å². The molecule has 0 N–H and O–H groups in total. The van der Waals surface area contributed by atoms with Crippen LogP contribution in [0, 0.1) is 12.4 Å². The summed E-state index contributed by atoms with van der Waals surface area (Å²) in [6.45, 7) is 6.90. The highest BCUT2D eigenvalue weighted by Gasteiger charge is 2.16. The molecule has 6 heteroatoms. The molecular formula is C14H9FN2O3. The number of ether oxygens (including phenoxy) is 2. The molecule has 2 rings (SSSR count). The fourth-order valence-electron chi connectivity index (χ4n) is 1.45. The second-order valence-electron chi connectivity index (χ2n) is 3.71. The number of methoxy groups -OCH3 is 1. The van der Waals surface area contributed by atoms with Crippen molar-refractivity contribution >= 4 is 11.7 Å². The Hall–Kier alpha value is -2.94. The first kappa shape index (κ1) is 13.5. The average molecular weight is 272 g/mol. The largest absolute Gasteiger partial charge is 0.465 e. The van der Waals surface area contributed by atoms with Crippen molar-refractivity contribution in [2.24, 2.45) is 0 Å². The zero-order valence-corrected chi connectivity index (χ0v) is 10.5. The normalized spacial score (nSPS) is 9.65. The van der Waals surface area contributed by atoms with Gasteiger partial charge in [-0.3, -0.25) is 0 Å². The molecule has 1 aromatic carbocycles. The third kappa shape index (κ3) is 2.90. The summed E-state index contributed by atoms with van der Waals surface area (Å²) in [4.78, 5) is 18.7. The molecule has 0 unspecified atom stereocenters. The zero-order chi connectivity index (χ0) is 14.5. The molecule has 0 fully saturated rings. The van der Waals surface area contributed by atoms with Crippen LogP contribution in [-0.2, 0) is 4.74 Å². The number of esters is 1. The molecule has 0 atom stereocenters. The standard InChI is InChI=1S/C14H9FN2O3/c1-16-10-7-12(14(18)19-2)13(17-8-10)20-11-5-3-9(15)4-6-11/h3-8H,2H3. The minimum Gasteiger partial charge on any atom is -0.465 e. The second kappa shape index (κ2) is 5.80. The molecule has 20 heavy (non-hydrogen) atoms. The third-order valence-electron chi connectivity index (χ3n) is 2.40. The number of carbonyl (C=O) groups is 1. The fraction of sp³-hybridized carbons (Fsp3) is 0.0714. The van der Waals surface area contributed by atoms with Gasteiger partial charge in [0.1, 0.15) is 17.1 Å². The van der Waals surface area contributed by atoms with Crippen molar-refractivity contribution in [3.63, 3.8) is 0 Å². The molecule has 5 nitrogen and oxygen atoms in total. The molecule has 0 aliphatic heterocycles. The van der Waals surface area contributed by atoms with Crippen LogP contribution in [0.25, 0.3) is 4.85 Å². The lowest BCUT2D eigenvalue weighted by Gasteiger charge is -2.09. The van der Waals surface area contributed by atoms with Crippen LogP contribution in [-0.4, -0.2) is 18.1 Å². The molecule has 2 aromatic rings. The first-order valence-corrected chi connectivity index (χ1v) is 5.53. The Morgan fingerprint density at radius 3 is 2.65 bits per heavy atom. The maximum Gasteiger partial charge on any atom is 0.342 e. The number of hydrogen-bond acceptors (Lipinski definition) is 4. The van der Waals surface area contributed by atoms with Crippen LogP contribution < -0.4 is 4.74 Å². The number of pyridine rings is 1. The highest BCUT2D eigenvalue weighted by atomic mass is 19.1. The summed E-state index contributed by atoms with van der Waals surface area (Å²) in [5.41, 5.74) is 0.224. The molecule has 1 aromatic heterocycles. The minimum atomic E-state index is -0.667. The molecular weight excluding hydrogens is 263 g/mol. The Morgan fingerprint density at radius 1 is 1.35 bits per heavy atom. The van der Waals surface area contributed by atoms with Gasteiger partial charge in [-0.25, -0.2) is 19.0 Å². The van der Waals surface area contributed by atoms with E-state index in [0.29, 0.717) is 5.75 Å². The van der Waals surface area contributed by atoms with E-state index in [-0.39, 0.29) is 17.1 Å². The average Bonchev–Trinajstić information content (AvgIpc) is 2.49. The SMILES string of the molecule is [C-]#[N+]c1cnc(Oc2ccc(F)cc2)c(C(=O)OC)c1. The van der Waals surface area contributed by atoms with E-state index >= 15 is 0 Å². The van der Waals surface area contributed by atoms with Crippen LogP contribution in [0.3, 0.4) is 0 Å².